The molecule has 3 N–H and O–H groups in total. The van der Waals surface area contributed by atoms with Gasteiger partial charge in [0.25, 0.3) is 11.5 Å². The van der Waals surface area contributed by atoms with Gasteiger partial charge in [-0.2, -0.15) is 0 Å². The molecule has 11 nitrogen and oxygen atoms in total. The molecule has 1 aliphatic carbocycles. The molecule has 1 amide bonds. The van der Waals surface area contributed by atoms with Crippen molar-refractivity contribution in [2.24, 2.45) is 12.8 Å². The van der Waals surface area contributed by atoms with Gasteiger partial charge in [0.1, 0.15) is 22.7 Å². The Morgan fingerprint density at radius 2 is 1.83 bits per heavy atom. The molecule has 0 bridgehead atoms. The summed E-state index contributed by atoms with van der Waals surface area (Å²) >= 11 is 0. The predicted octanol–water partition coefficient (Wildman–Crippen LogP) is 5.41. The molecule has 3 aromatic carbocycles. The third-order valence-corrected chi connectivity index (χ3v) is 8.22. The minimum Gasteiger partial charge on any atom is -0.494 e. The molecular formula is C35H34FN5O6. The van der Waals surface area contributed by atoms with Crippen LogP contribution in [0.25, 0.3) is 16.6 Å². The number of nitrogens with one attached hydrogen (secondary N) is 1. The molecule has 1 saturated carbocycles. The van der Waals surface area contributed by atoms with E-state index in [2.05, 4.69) is 10.3 Å². The first kappa shape index (κ1) is 31.5. The molecule has 242 valence electrons. The van der Waals surface area contributed by atoms with Gasteiger partial charge in [-0.15, -0.1) is 0 Å². The molecular weight excluding hydrogens is 605 g/mol. The predicted molar refractivity (Wildman–Crippen MR) is 174 cm³/mol. The van der Waals surface area contributed by atoms with Crippen LogP contribution in [0.2, 0.25) is 0 Å². The van der Waals surface area contributed by atoms with E-state index < -0.39 is 28.9 Å². The fourth-order valence-corrected chi connectivity index (χ4v) is 5.49. The number of nitrogens with two attached hydrogens (primary N) is 1. The number of halogens is 1. The first-order valence-electron chi connectivity index (χ1n) is 15.2. The summed E-state index contributed by atoms with van der Waals surface area (Å²) in [6, 6.07) is 20.0. The second kappa shape index (κ2) is 13.1. The van der Waals surface area contributed by atoms with Gasteiger partial charge in [0.15, 0.2) is 11.6 Å². The van der Waals surface area contributed by atoms with Crippen molar-refractivity contribution in [1.82, 2.24) is 14.3 Å². The van der Waals surface area contributed by atoms with Crippen molar-refractivity contribution in [2.75, 3.05) is 18.5 Å². The zero-order chi connectivity index (χ0) is 33.1. The van der Waals surface area contributed by atoms with Crippen LogP contribution in [0.3, 0.4) is 0 Å². The number of amides is 1. The van der Waals surface area contributed by atoms with Crippen LogP contribution in [-0.4, -0.2) is 45.0 Å². The average Bonchev–Trinajstić information content (AvgIpc) is 3.79. The highest BCUT2D eigenvalue weighted by atomic mass is 19.1. The van der Waals surface area contributed by atoms with Gasteiger partial charge in [-0.1, -0.05) is 18.2 Å². The fraction of sp³-hybridized carbons (Fsp3) is 0.257. The van der Waals surface area contributed by atoms with E-state index in [-0.39, 0.29) is 23.5 Å². The van der Waals surface area contributed by atoms with Crippen molar-refractivity contribution in [3.63, 3.8) is 0 Å². The number of fused-ring (bicyclic) bond motifs is 1. The molecule has 1 fully saturated rings. The lowest BCUT2D eigenvalue weighted by molar-refractivity contribution is -0.149. The molecule has 0 atom stereocenters. The smallest absolute Gasteiger partial charge is 0.320 e. The summed E-state index contributed by atoms with van der Waals surface area (Å²) in [5.41, 5.74) is 6.28. The second-order valence-corrected chi connectivity index (χ2v) is 11.4. The highest BCUT2D eigenvalue weighted by Crippen LogP contribution is 2.43. The molecule has 0 radical (unpaired) electrons. The van der Waals surface area contributed by atoms with Crippen LogP contribution in [0.15, 0.2) is 83.8 Å². The first-order valence-corrected chi connectivity index (χ1v) is 15.2. The number of anilines is 1. The quantitative estimate of drug-likeness (QED) is 0.137. The van der Waals surface area contributed by atoms with Crippen LogP contribution in [-0.2, 0) is 16.6 Å². The SMILES string of the molecule is Cc1c(C(=O)Nc2ccc(Oc3ccnc4cc(OCCCC5(OC(=O)CN)CC5)ccc34)c(F)c2)c(=O)n(-c2ccccc2)n1C. The molecule has 6 rings (SSSR count). The van der Waals surface area contributed by atoms with Gasteiger partial charge in [-0.3, -0.25) is 24.0 Å². The van der Waals surface area contributed by atoms with E-state index in [9.17, 15) is 14.4 Å². The van der Waals surface area contributed by atoms with E-state index >= 15 is 4.39 Å². The lowest BCUT2D eigenvalue weighted by Gasteiger charge is -2.16. The monoisotopic (exact) mass is 639 g/mol. The molecule has 2 heterocycles. The standard InChI is InChI=1S/C35H34FN5O6/c1-22-32(34(44)41(40(22)2)24-7-4-3-5-8-24)33(43)39-23-9-12-30(27(36)19-23)46-29-13-17-38-28-20-25(10-11-26(28)29)45-18-6-14-35(15-16-35)47-31(42)21-37/h3-5,7-13,17,19-20H,6,14-16,18,21,37H2,1-2H3,(H,39,43). The van der Waals surface area contributed by atoms with Crippen molar-refractivity contribution in [2.45, 2.75) is 38.2 Å². The van der Waals surface area contributed by atoms with Crippen LogP contribution < -0.4 is 26.1 Å². The van der Waals surface area contributed by atoms with Gasteiger partial charge in [-0.05, 0) is 75.1 Å². The number of carbonyl (C=O) groups is 2. The van der Waals surface area contributed by atoms with Crippen LogP contribution in [0.1, 0.15) is 41.7 Å². The molecule has 0 saturated heterocycles. The van der Waals surface area contributed by atoms with Crippen molar-refractivity contribution in [1.29, 1.82) is 0 Å². The Morgan fingerprint density at radius 3 is 2.55 bits per heavy atom. The van der Waals surface area contributed by atoms with E-state index in [0.29, 0.717) is 53.2 Å². The van der Waals surface area contributed by atoms with Gasteiger partial charge in [0.05, 0.1) is 30.0 Å². The number of carbonyl (C=O) groups excluding carboxylic acids is 2. The van der Waals surface area contributed by atoms with Crippen molar-refractivity contribution < 1.29 is 28.2 Å². The molecule has 0 aliphatic heterocycles. The number of rotatable bonds is 12. The number of para-hydroxylation sites is 1. The van der Waals surface area contributed by atoms with E-state index in [1.807, 2.05) is 6.07 Å². The van der Waals surface area contributed by atoms with Gasteiger partial charge in [-0.25, -0.2) is 9.07 Å². The Balaban J connectivity index is 1.11. The summed E-state index contributed by atoms with van der Waals surface area (Å²) < 4.78 is 35.5. The minimum atomic E-state index is -0.704. The molecule has 2 aromatic heterocycles. The largest absolute Gasteiger partial charge is 0.494 e. The summed E-state index contributed by atoms with van der Waals surface area (Å²) in [7, 11) is 1.69. The maximum atomic E-state index is 15.2. The zero-order valence-corrected chi connectivity index (χ0v) is 26.0. The van der Waals surface area contributed by atoms with Crippen LogP contribution in [0.4, 0.5) is 10.1 Å². The van der Waals surface area contributed by atoms with Crippen molar-refractivity contribution in [3.8, 4) is 22.9 Å². The maximum absolute atomic E-state index is 15.2. The summed E-state index contributed by atoms with van der Waals surface area (Å²) in [4.78, 5) is 42.3. The number of ether oxygens (including phenoxy) is 3. The van der Waals surface area contributed by atoms with Gasteiger partial charge in [0.2, 0.25) is 0 Å². The van der Waals surface area contributed by atoms with E-state index in [4.69, 9.17) is 19.9 Å². The van der Waals surface area contributed by atoms with Gasteiger partial charge >= 0.3 is 5.97 Å². The molecule has 0 spiro atoms. The van der Waals surface area contributed by atoms with E-state index in [1.54, 1.807) is 73.4 Å². The van der Waals surface area contributed by atoms with Crippen LogP contribution in [0.5, 0.6) is 17.2 Å². The number of esters is 1. The van der Waals surface area contributed by atoms with Crippen molar-refractivity contribution in [3.05, 3.63) is 106 Å². The van der Waals surface area contributed by atoms with Crippen LogP contribution in [0, 0.1) is 12.7 Å². The highest BCUT2D eigenvalue weighted by molar-refractivity contribution is 6.05. The summed E-state index contributed by atoms with van der Waals surface area (Å²) in [5, 5.41) is 3.28. The second-order valence-electron chi connectivity index (χ2n) is 11.4. The maximum Gasteiger partial charge on any atom is 0.320 e. The first-order chi connectivity index (χ1) is 22.7. The number of aromatic nitrogens is 3. The Labute approximate surface area is 269 Å². The van der Waals surface area contributed by atoms with E-state index in [0.717, 1.165) is 18.9 Å². The lowest BCUT2D eigenvalue weighted by Crippen LogP contribution is -2.25. The minimum absolute atomic E-state index is 0.0384. The highest BCUT2D eigenvalue weighted by Gasteiger charge is 2.45. The number of benzene rings is 3. The molecule has 5 aromatic rings. The third kappa shape index (κ3) is 6.73. The normalized spacial score (nSPS) is 13.3. The third-order valence-electron chi connectivity index (χ3n) is 8.22. The Kier molecular flexibility index (Phi) is 8.77. The number of pyridine rings is 1. The van der Waals surface area contributed by atoms with Crippen LogP contribution >= 0.6 is 0 Å². The van der Waals surface area contributed by atoms with Gasteiger partial charge < -0.3 is 25.3 Å². The molecule has 0 unspecified atom stereocenters. The summed E-state index contributed by atoms with van der Waals surface area (Å²) in [6.07, 6.45) is 4.64. The number of nitrogens with zero attached hydrogens (tertiary/aromatic N) is 3. The van der Waals surface area contributed by atoms with Crippen molar-refractivity contribution >= 4 is 28.5 Å². The number of hydrogen-bond acceptors (Lipinski definition) is 8. The molecule has 47 heavy (non-hydrogen) atoms. The Bertz CT molecular complexity index is 2020. The van der Waals surface area contributed by atoms with E-state index in [1.165, 1.54) is 16.8 Å². The fourth-order valence-electron chi connectivity index (χ4n) is 5.49. The summed E-state index contributed by atoms with van der Waals surface area (Å²) in [6.45, 7) is 1.99. The van der Waals surface area contributed by atoms with Gasteiger partial charge in [0, 0.05) is 36.5 Å². The zero-order valence-electron chi connectivity index (χ0n) is 26.0. The Hall–Kier alpha value is -5.49. The Morgan fingerprint density at radius 1 is 1.04 bits per heavy atom. The summed E-state index contributed by atoms with van der Waals surface area (Å²) in [5.74, 6) is -0.797. The topological polar surface area (TPSA) is 140 Å². The molecule has 12 heteroatoms. The lowest BCUT2D eigenvalue weighted by atomic mass is 10.1. The number of hydrogen-bond donors (Lipinski definition) is 2. The average molecular weight is 640 g/mol. The molecule has 1 aliphatic rings.